The highest BCUT2D eigenvalue weighted by Crippen LogP contribution is 2.77. The minimum atomic E-state index is -1.13. The van der Waals surface area contributed by atoms with E-state index >= 15 is 0 Å². The van der Waals surface area contributed by atoms with Gasteiger partial charge in [-0.05, 0) is 103 Å². The third kappa shape index (κ3) is 4.89. The number of aliphatic hydroxyl groups excluding tert-OH is 3. The topological polar surface area (TPSA) is 98.0 Å². The molecule has 0 aromatic rings. The first-order chi connectivity index (χ1) is 17.5. The van der Waals surface area contributed by atoms with Gasteiger partial charge >= 0.3 is 0 Å². The van der Waals surface area contributed by atoms with Crippen molar-refractivity contribution in [2.45, 2.75) is 104 Å². The summed E-state index contributed by atoms with van der Waals surface area (Å²) >= 11 is 0. The average molecular weight is 513 g/mol. The fraction of sp³-hybridized carbons (Fsp3) is 0.656. The first-order valence-corrected chi connectivity index (χ1v) is 13.9. The molecule has 2 bridgehead atoms. The van der Waals surface area contributed by atoms with Crippen molar-refractivity contribution in [1.29, 1.82) is 0 Å². The number of aliphatic hydroxyl groups is 4. The van der Waals surface area contributed by atoms with Gasteiger partial charge in [0, 0.05) is 22.9 Å². The van der Waals surface area contributed by atoms with Gasteiger partial charge in [0.05, 0.1) is 18.3 Å². The molecular formula is C32H48O5. The molecule has 3 saturated carbocycles. The summed E-state index contributed by atoms with van der Waals surface area (Å²) in [6.07, 6.45) is 14.8. The maximum Gasteiger partial charge on any atom is 0.145 e. The Kier molecular flexibility index (Phi) is 9.27. The van der Waals surface area contributed by atoms with Gasteiger partial charge < -0.3 is 20.4 Å². The molecule has 0 aromatic carbocycles. The number of aldehydes is 1. The summed E-state index contributed by atoms with van der Waals surface area (Å²) in [5.74, 6) is 0. The van der Waals surface area contributed by atoms with Gasteiger partial charge in [0.1, 0.15) is 6.29 Å². The van der Waals surface area contributed by atoms with Crippen LogP contribution in [0.4, 0.5) is 0 Å². The number of allylic oxidation sites excluding steroid dienone is 8. The van der Waals surface area contributed by atoms with E-state index in [9.17, 15) is 25.2 Å². The smallest absolute Gasteiger partial charge is 0.145 e. The molecule has 0 aromatic heterocycles. The number of hydrogen-bond acceptors (Lipinski definition) is 5. The van der Waals surface area contributed by atoms with Gasteiger partial charge in [0.2, 0.25) is 0 Å². The Balaban J connectivity index is 2.03. The lowest BCUT2D eigenvalue weighted by Crippen LogP contribution is -2.68. The van der Waals surface area contributed by atoms with Crippen LogP contribution < -0.4 is 0 Å². The van der Waals surface area contributed by atoms with E-state index in [2.05, 4.69) is 26.5 Å². The average Bonchev–Trinajstić information content (AvgIpc) is 3.05. The largest absolute Gasteiger partial charge is 0.396 e. The van der Waals surface area contributed by atoms with Crippen molar-refractivity contribution in [3.63, 3.8) is 0 Å². The Hall–Kier alpha value is -1.79. The molecule has 3 fully saturated rings. The molecule has 3 rings (SSSR count). The molecule has 5 unspecified atom stereocenters. The van der Waals surface area contributed by atoms with Gasteiger partial charge in [-0.3, -0.25) is 4.79 Å². The maximum absolute atomic E-state index is 12.3. The van der Waals surface area contributed by atoms with Crippen LogP contribution >= 0.6 is 0 Å². The minimum Gasteiger partial charge on any atom is -0.396 e. The third-order valence-corrected chi connectivity index (χ3v) is 10.1. The van der Waals surface area contributed by atoms with Gasteiger partial charge in [-0.2, -0.15) is 0 Å². The standard InChI is InChI=1S/C32H48O5/c1-23(2)9-6-10-24(3)11-7-12-26(22-35)30-16-18-31(14-8-20-33)27(25(4)21-34)13-15-29(5,37)32(31,19-17-30)28(30)36/h7,9,11-12,21,28,33,35-37H,3,6,8,10,13-20,22H2,1-2,4-5H3. The second-order valence-electron chi connectivity index (χ2n) is 12.2. The predicted molar refractivity (Wildman–Crippen MR) is 149 cm³/mol. The van der Waals surface area contributed by atoms with Crippen LogP contribution in [0, 0.1) is 16.2 Å². The fourth-order valence-corrected chi connectivity index (χ4v) is 8.25. The summed E-state index contributed by atoms with van der Waals surface area (Å²) in [5.41, 5.74) is 1.64. The van der Waals surface area contributed by atoms with Crippen molar-refractivity contribution in [3.05, 3.63) is 58.7 Å². The van der Waals surface area contributed by atoms with Gasteiger partial charge in [0.25, 0.3) is 0 Å². The zero-order chi connectivity index (χ0) is 27.5. The van der Waals surface area contributed by atoms with Gasteiger partial charge in [0.15, 0.2) is 0 Å². The number of fused-ring (bicyclic) bond motifs is 1. The second-order valence-corrected chi connectivity index (χ2v) is 12.2. The summed E-state index contributed by atoms with van der Waals surface area (Å²) < 4.78 is 0. The summed E-state index contributed by atoms with van der Waals surface area (Å²) in [6.45, 7) is 11.9. The van der Waals surface area contributed by atoms with Crippen molar-refractivity contribution >= 4 is 6.29 Å². The van der Waals surface area contributed by atoms with Crippen LogP contribution in [0.25, 0.3) is 0 Å². The molecule has 206 valence electrons. The van der Waals surface area contributed by atoms with E-state index < -0.39 is 27.9 Å². The molecule has 37 heavy (non-hydrogen) atoms. The monoisotopic (exact) mass is 512 g/mol. The minimum absolute atomic E-state index is 0.0265. The zero-order valence-corrected chi connectivity index (χ0v) is 23.4. The Morgan fingerprint density at radius 3 is 2.43 bits per heavy atom. The van der Waals surface area contributed by atoms with Crippen LogP contribution in [0.1, 0.15) is 91.9 Å². The first-order valence-electron chi connectivity index (χ1n) is 13.9. The molecule has 5 atom stereocenters. The summed E-state index contributed by atoms with van der Waals surface area (Å²) in [7, 11) is 0. The molecular weight excluding hydrogens is 464 g/mol. The molecule has 0 amide bonds. The van der Waals surface area contributed by atoms with Crippen LogP contribution in [-0.2, 0) is 4.79 Å². The lowest BCUT2D eigenvalue weighted by Gasteiger charge is -2.66. The Labute approximate surface area is 223 Å². The van der Waals surface area contributed by atoms with E-state index in [0.29, 0.717) is 56.9 Å². The summed E-state index contributed by atoms with van der Waals surface area (Å²) in [5, 5.41) is 44.5. The van der Waals surface area contributed by atoms with Crippen molar-refractivity contribution in [2.75, 3.05) is 13.2 Å². The molecule has 5 heteroatoms. The third-order valence-electron chi connectivity index (χ3n) is 10.1. The van der Waals surface area contributed by atoms with Gasteiger partial charge in [-0.25, -0.2) is 0 Å². The lowest BCUT2D eigenvalue weighted by molar-refractivity contribution is -0.231. The number of carbonyl (C=O) groups is 1. The van der Waals surface area contributed by atoms with Crippen molar-refractivity contribution < 1.29 is 25.2 Å². The highest BCUT2D eigenvalue weighted by Gasteiger charge is 2.76. The molecule has 0 saturated heterocycles. The van der Waals surface area contributed by atoms with Crippen molar-refractivity contribution in [2.24, 2.45) is 16.2 Å². The van der Waals surface area contributed by atoms with E-state index in [4.69, 9.17) is 0 Å². The lowest BCUT2D eigenvalue weighted by atomic mass is 9.40. The number of rotatable bonds is 11. The Morgan fingerprint density at radius 1 is 1.11 bits per heavy atom. The second kappa shape index (κ2) is 11.5. The Bertz CT molecular complexity index is 995. The van der Waals surface area contributed by atoms with E-state index in [0.717, 1.165) is 35.8 Å². The molecule has 1 spiro atoms. The Morgan fingerprint density at radius 2 is 1.81 bits per heavy atom. The summed E-state index contributed by atoms with van der Waals surface area (Å²) in [4.78, 5) is 11.9. The van der Waals surface area contributed by atoms with E-state index in [1.54, 1.807) is 0 Å². The van der Waals surface area contributed by atoms with Crippen LogP contribution in [-0.4, -0.2) is 51.6 Å². The van der Waals surface area contributed by atoms with Crippen LogP contribution in [0.15, 0.2) is 58.7 Å². The molecule has 0 aliphatic heterocycles. The zero-order valence-electron chi connectivity index (χ0n) is 23.4. The van der Waals surface area contributed by atoms with Gasteiger partial charge in [-0.15, -0.1) is 0 Å². The molecule has 4 N–H and O–H groups in total. The first kappa shape index (κ1) is 29.8. The van der Waals surface area contributed by atoms with Crippen LogP contribution in [0.3, 0.4) is 0 Å². The molecule has 3 aliphatic carbocycles. The fourth-order valence-electron chi connectivity index (χ4n) is 8.25. The van der Waals surface area contributed by atoms with Crippen molar-refractivity contribution in [3.8, 4) is 0 Å². The van der Waals surface area contributed by atoms with Gasteiger partial charge in [-0.1, -0.05) is 47.6 Å². The van der Waals surface area contributed by atoms with Crippen molar-refractivity contribution in [1.82, 2.24) is 0 Å². The normalized spacial score (nSPS) is 36.9. The van der Waals surface area contributed by atoms with E-state index in [-0.39, 0.29) is 13.2 Å². The van der Waals surface area contributed by atoms with Crippen LogP contribution in [0.5, 0.6) is 0 Å². The molecule has 3 aliphatic rings. The quantitative estimate of drug-likeness (QED) is 0.127. The maximum atomic E-state index is 12.3. The SMILES string of the molecule is C=C(C=CC=C(CO)C12CCC3(CCCO)C(=C(C)C=O)CCC(C)(O)C3(CC1)C2O)CCC=C(C)C. The molecule has 0 radical (unpaired) electrons. The highest BCUT2D eigenvalue weighted by atomic mass is 16.3. The van der Waals surface area contributed by atoms with Crippen LogP contribution in [0.2, 0.25) is 0 Å². The number of hydrogen-bond donors (Lipinski definition) is 4. The summed E-state index contributed by atoms with van der Waals surface area (Å²) in [6, 6.07) is 0. The van der Waals surface area contributed by atoms with E-state index in [1.807, 2.05) is 32.1 Å². The van der Waals surface area contributed by atoms with E-state index in [1.165, 1.54) is 5.57 Å². The molecule has 0 heterocycles. The predicted octanol–water partition coefficient (Wildman–Crippen LogP) is 5.50. The number of carbonyl (C=O) groups excluding carboxylic acids is 1. The molecule has 5 nitrogen and oxygen atoms in total. The highest BCUT2D eigenvalue weighted by molar-refractivity contribution is 5.74.